The van der Waals surface area contributed by atoms with Crippen LogP contribution in [0.3, 0.4) is 0 Å². The van der Waals surface area contributed by atoms with Gasteiger partial charge in [0.05, 0.1) is 0 Å². The fraction of sp³-hybridized carbons (Fsp3) is 0.556. The highest BCUT2D eigenvalue weighted by atomic mass is 16.2. The lowest BCUT2D eigenvalue weighted by Crippen LogP contribution is -2.41. The predicted octanol–water partition coefficient (Wildman–Crippen LogP) is 3.83. The molecule has 0 bridgehead atoms. The van der Waals surface area contributed by atoms with Crippen molar-refractivity contribution in [1.82, 2.24) is 4.90 Å². The molecule has 0 aromatic heterocycles. The van der Waals surface area contributed by atoms with Gasteiger partial charge in [-0.2, -0.15) is 0 Å². The Morgan fingerprint density at radius 3 is 2.26 bits per heavy atom. The fourth-order valence-corrected chi connectivity index (χ4v) is 3.00. The third kappa shape index (κ3) is 4.24. The van der Waals surface area contributed by atoms with Gasteiger partial charge < -0.3 is 15.5 Å². The first-order valence-corrected chi connectivity index (χ1v) is 8.62. The topological polar surface area (TPSA) is 61.4 Å². The minimum absolute atomic E-state index is 0.0332. The van der Waals surface area contributed by atoms with Crippen LogP contribution in [0.1, 0.15) is 45.4 Å². The molecule has 2 N–H and O–H groups in total. The van der Waals surface area contributed by atoms with Gasteiger partial charge in [0, 0.05) is 29.9 Å². The number of anilines is 2. The number of carbonyl (C=O) groups is 2. The molecule has 1 aromatic rings. The smallest absolute Gasteiger partial charge is 0.322 e. The molecule has 1 aliphatic heterocycles. The average molecular weight is 315 g/mol. The Morgan fingerprint density at radius 1 is 0.957 bits per heavy atom. The van der Waals surface area contributed by atoms with Gasteiger partial charge in [-0.15, -0.1) is 0 Å². The van der Waals surface area contributed by atoms with Gasteiger partial charge in [0.15, 0.2) is 0 Å². The molecule has 0 spiro atoms. The van der Waals surface area contributed by atoms with Gasteiger partial charge in [0.25, 0.3) is 0 Å². The Hall–Kier alpha value is -2.04. The number of carbonyl (C=O) groups excluding carboxylic acids is 2. The molecule has 23 heavy (non-hydrogen) atoms. The molecule has 1 saturated carbocycles. The van der Waals surface area contributed by atoms with Crippen LogP contribution in [-0.2, 0) is 4.79 Å². The molecule has 1 heterocycles. The second-order valence-electron chi connectivity index (χ2n) is 6.66. The summed E-state index contributed by atoms with van der Waals surface area (Å²) in [6.07, 6.45) is 6.52. The summed E-state index contributed by atoms with van der Waals surface area (Å²) in [6.45, 7) is 2.93. The van der Waals surface area contributed by atoms with Crippen molar-refractivity contribution in [3.8, 4) is 0 Å². The Morgan fingerprint density at radius 2 is 1.61 bits per heavy atom. The van der Waals surface area contributed by atoms with Crippen LogP contribution >= 0.6 is 0 Å². The van der Waals surface area contributed by atoms with E-state index in [-0.39, 0.29) is 23.9 Å². The molecule has 1 aliphatic carbocycles. The molecule has 2 aliphatic rings. The van der Waals surface area contributed by atoms with Crippen molar-refractivity contribution in [2.45, 2.75) is 51.5 Å². The summed E-state index contributed by atoms with van der Waals surface area (Å²) >= 11 is 0. The van der Waals surface area contributed by atoms with Crippen molar-refractivity contribution in [3.63, 3.8) is 0 Å². The zero-order valence-corrected chi connectivity index (χ0v) is 13.7. The first-order chi connectivity index (χ1) is 11.1. The van der Waals surface area contributed by atoms with Gasteiger partial charge in [0.1, 0.15) is 0 Å². The van der Waals surface area contributed by atoms with Gasteiger partial charge in [-0.3, -0.25) is 4.79 Å². The fourth-order valence-electron chi connectivity index (χ4n) is 3.00. The predicted molar refractivity (Wildman–Crippen MR) is 91.5 cm³/mol. The second-order valence-corrected chi connectivity index (χ2v) is 6.66. The molecule has 0 radical (unpaired) electrons. The maximum atomic E-state index is 12.4. The first-order valence-electron chi connectivity index (χ1n) is 8.62. The summed E-state index contributed by atoms with van der Waals surface area (Å²) in [5, 5.41) is 5.86. The van der Waals surface area contributed by atoms with Crippen LogP contribution in [0.2, 0.25) is 0 Å². The second kappa shape index (κ2) is 7.02. The number of amides is 3. The van der Waals surface area contributed by atoms with E-state index in [0.29, 0.717) is 0 Å². The van der Waals surface area contributed by atoms with E-state index >= 15 is 0 Å². The highest BCUT2D eigenvalue weighted by Gasteiger charge is 2.29. The lowest BCUT2D eigenvalue weighted by atomic mass is 10.1. The Kier molecular flexibility index (Phi) is 4.84. The zero-order chi connectivity index (χ0) is 16.2. The van der Waals surface area contributed by atoms with Crippen LogP contribution in [-0.4, -0.2) is 29.4 Å². The van der Waals surface area contributed by atoms with Crippen molar-refractivity contribution in [2.24, 2.45) is 5.92 Å². The average Bonchev–Trinajstić information content (AvgIpc) is 3.36. The first kappa shape index (κ1) is 15.8. The largest absolute Gasteiger partial charge is 0.326 e. The van der Waals surface area contributed by atoms with Crippen molar-refractivity contribution < 1.29 is 9.59 Å². The minimum atomic E-state index is -0.0332. The van der Waals surface area contributed by atoms with Crippen LogP contribution in [0.25, 0.3) is 0 Å². The third-order valence-electron chi connectivity index (χ3n) is 4.67. The number of benzene rings is 1. The number of rotatable bonds is 3. The Labute approximate surface area is 137 Å². The Balaban J connectivity index is 1.56. The van der Waals surface area contributed by atoms with E-state index in [1.807, 2.05) is 29.2 Å². The van der Waals surface area contributed by atoms with E-state index < -0.39 is 0 Å². The van der Waals surface area contributed by atoms with E-state index in [2.05, 4.69) is 17.6 Å². The van der Waals surface area contributed by atoms with Crippen LogP contribution in [0.4, 0.5) is 16.2 Å². The lowest BCUT2D eigenvalue weighted by molar-refractivity contribution is -0.117. The van der Waals surface area contributed by atoms with E-state index in [0.717, 1.165) is 43.6 Å². The molecule has 1 saturated heterocycles. The molecule has 5 nitrogen and oxygen atoms in total. The molecule has 1 aromatic carbocycles. The van der Waals surface area contributed by atoms with Crippen LogP contribution in [0, 0.1) is 5.92 Å². The number of hydrogen-bond acceptors (Lipinski definition) is 2. The molecule has 1 atom stereocenters. The summed E-state index contributed by atoms with van der Waals surface area (Å²) in [5.41, 5.74) is 1.54. The molecule has 2 fully saturated rings. The summed E-state index contributed by atoms with van der Waals surface area (Å²) in [4.78, 5) is 26.1. The van der Waals surface area contributed by atoms with Crippen LogP contribution < -0.4 is 10.6 Å². The van der Waals surface area contributed by atoms with Gasteiger partial charge in [0.2, 0.25) is 5.91 Å². The van der Waals surface area contributed by atoms with Gasteiger partial charge in [-0.25, -0.2) is 4.79 Å². The van der Waals surface area contributed by atoms with Crippen molar-refractivity contribution in [1.29, 1.82) is 0 Å². The summed E-state index contributed by atoms with van der Waals surface area (Å²) < 4.78 is 0. The lowest BCUT2D eigenvalue weighted by Gasteiger charge is -2.27. The van der Waals surface area contributed by atoms with Gasteiger partial charge in [-0.05, 0) is 56.9 Å². The monoisotopic (exact) mass is 315 g/mol. The van der Waals surface area contributed by atoms with Gasteiger partial charge in [-0.1, -0.05) is 12.8 Å². The molecule has 3 rings (SSSR count). The number of nitrogens with zero attached hydrogens (tertiary/aromatic N) is 1. The summed E-state index contributed by atoms with van der Waals surface area (Å²) in [6, 6.07) is 7.60. The van der Waals surface area contributed by atoms with E-state index in [9.17, 15) is 9.59 Å². The normalized spacial score (nSPS) is 21.4. The molecule has 5 heteroatoms. The summed E-state index contributed by atoms with van der Waals surface area (Å²) in [7, 11) is 0. The highest BCUT2D eigenvalue weighted by molar-refractivity contribution is 5.94. The quantitative estimate of drug-likeness (QED) is 0.890. The van der Waals surface area contributed by atoms with Crippen LogP contribution in [0.15, 0.2) is 24.3 Å². The molecular formula is C18H25N3O2. The Bertz CT molecular complexity index is 566. The van der Waals surface area contributed by atoms with Crippen molar-refractivity contribution >= 4 is 23.3 Å². The standard InChI is InChI=1S/C18H25N3O2/c1-13-5-3-2-4-12-21(13)18(23)20-16-10-8-15(9-11-16)19-17(22)14-6-7-14/h8-11,13-14H,2-7,12H2,1H3,(H,19,22)(H,20,23)/t13-/m1/s1. The molecule has 124 valence electrons. The van der Waals surface area contributed by atoms with Crippen molar-refractivity contribution in [3.05, 3.63) is 24.3 Å². The van der Waals surface area contributed by atoms with E-state index in [4.69, 9.17) is 0 Å². The van der Waals surface area contributed by atoms with Gasteiger partial charge >= 0.3 is 6.03 Å². The SMILES string of the molecule is C[C@@H]1CCCCCN1C(=O)Nc1ccc(NC(=O)C2CC2)cc1. The van der Waals surface area contributed by atoms with E-state index in [1.165, 1.54) is 12.8 Å². The van der Waals surface area contributed by atoms with Crippen molar-refractivity contribution in [2.75, 3.05) is 17.2 Å². The zero-order valence-electron chi connectivity index (χ0n) is 13.7. The summed E-state index contributed by atoms with van der Waals surface area (Å²) in [5.74, 6) is 0.291. The van der Waals surface area contributed by atoms with E-state index in [1.54, 1.807) is 0 Å². The molecule has 0 unspecified atom stereocenters. The molecule has 3 amide bonds. The number of nitrogens with one attached hydrogen (secondary N) is 2. The maximum Gasteiger partial charge on any atom is 0.322 e. The third-order valence-corrected chi connectivity index (χ3v) is 4.67. The minimum Gasteiger partial charge on any atom is -0.326 e. The number of urea groups is 1. The highest BCUT2D eigenvalue weighted by Crippen LogP contribution is 2.30. The number of hydrogen-bond donors (Lipinski definition) is 2. The van der Waals surface area contributed by atoms with Crippen LogP contribution in [0.5, 0.6) is 0 Å². The number of likely N-dealkylation sites (tertiary alicyclic amines) is 1. The maximum absolute atomic E-state index is 12.4. The molecular weight excluding hydrogens is 290 g/mol.